The van der Waals surface area contributed by atoms with E-state index in [9.17, 15) is 13.2 Å². The van der Waals surface area contributed by atoms with Crippen LogP contribution in [0.2, 0.25) is 0 Å². The van der Waals surface area contributed by atoms with Gasteiger partial charge in [0.05, 0.1) is 6.54 Å². The third-order valence-electron chi connectivity index (χ3n) is 2.36. The Morgan fingerprint density at radius 2 is 2.10 bits per heavy atom. The fraction of sp³-hybridized carbons (Fsp3) is 0.333. The molecule has 0 spiro atoms. The zero-order chi connectivity index (χ0) is 15.4. The van der Waals surface area contributed by atoms with Crippen LogP contribution in [-0.4, -0.2) is 31.4 Å². The molecule has 7 nitrogen and oxygen atoms in total. The molecule has 20 heavy (non-hydrogen) atoms. The maximum atomic E-state index is 12.1. The van der Waals surface area contributed by atoms with E-state index in [1.54, 1.807) is 0 Å². The molecule has 0 saturated heterocycles. The number of nitrogens with one attached hydrogen (secondary N) is 1. The van der Waals surface area contributed by atoms with Crippen molar-refractivity contribution in [1.82, 2.24) is 9.71 Å². The summed E-state index contributed by atoms with van der Waals surface area (Å²) in [6.07, 6.45) is 2.58. The van der Waals surface area contributed by atoms with Crippen molar-refractivity contribution in [2.45, 2.75) is 24.3 Å². The van der Waals surface area contributed by atoms with Crippen LogP contribution in [0.4, 0.5) is 0 Å². The number of hydrogen-bond acceptors (Lipinski definition) is 5. The second kappa shape index (κ2) is 6.00. The Hall–Kier alpha value is -1.95. The standard InChI is InChI=1S/C12H16N4O3S/c1-12(2,11(14)17)16-20(18,19)10-6-9(4-3-5-13)7-15-8-10/h6-8,16H,5,13H2,1-2H3,(H2,14,17). The molecule has 8 heteroatoms. The van der Waals surface area contributed by atoms with E-state index in [1.165, 1.54) is 26.1 Å². The van der Waals surface area contributed by atoms with Crippen molar-refractivity contribution < 1.29 is 13.2 Å². The van der Waals surface area contributed by atoms with Crippen molar-refractivity contribution >= 4 is 15.9 Å². The summed E-state index contributed by atoms with van der Waals surface area (Å²) in [7, 11) is -3.92. The number of nitrogens with zero attached hydrogens (tertiary/aromatic N) is 1. The molecule has 0 fully saturated rings. The largest absolute Gasteiger partial charge is 0.368 e. The van der Waals surface area contributed by atoms with Crippen LogP contribution >= 0.6 is 0 Å². The summed E-state index contributed by atoms with van der Waals surface area (Å²) in [5.74, 6) is 4.50. The van der Waals surface area contributed by atoms with E-state index < -0.39 is 21.5 Å². The zero-order valence-electron chi connectivity index (χ0n) is 11.2. The Labute approximate surface area is 117 Å². The SMILES string of the molecule is CC(C)(NS(=O)(=O)c1cncc(C#CCN)c1)C(N)=O. The first kappa shape index (κ1) is 16.1. The molecule has 0 aliphatic heterocycles. The van der Waals surface area contributed by atoms with Crippen LogP contribution < -0.4 is 16.2 Å². The Balaban J connectivity index is 3.14. The number of hydrogen-bond donors (Lipinski definition) is 3. The number of sulfonamides is 1. The molecule has 0 atom stereocenters. The maximum Gasteiger partial charge on any atom is 0.243 e. The van der Waals surface area contributed by atoms with Crippen LogP contribution in [0.25, 0.3) is 0 Å². The van der Waals surface area contributed by atoms with Crippen LogP contribution in [0.3, 0.4) is 0 Å². The summed E-state index contributed by atoms with van der Waals surface area (Å²) in [5, 5.41) is 0. The summed E-state index contributed by atoms with van der Waals surface area (Å²) < 4.78 is 26.5. The summed E-state index contributed by atoms with van der Waals surface area (Å²) in [5.41, 5.74) is 9.38. The van der Waals surface area contributed by atoms with E-state index in [1.807, 2.05) is 0 Å². The van der Waals surface area contributed by atoms with Crippen molar-refractivity contribution in [1.29, 1.82) is 0 Å². The van der Waals surface area contributed by atoms with Gasteiger partial charge in [0.2, 0.25) is 15.9 Å². The van der Waals surface area contributed by atoms with Gasteiger partial charge in [0.25, 0.3) is 0 Å². The van der Waals surface area contributed by atoms with Crippen LogP contribution in [0.15, 0.2) is 23.4 Å². The summed E-state index contributed by atoms with van der Waals surface area (Å²) in [6, 6.07) is 1.34. The van der Waals surface area contributed by atoms with Crippen LogP contribution in [0.5, 0.6) is 0 Å². The Morgan fingerprint density at radius 1 is 1.45 bits per heavy atom. The van der Waals surface area contributed by atoms with Crippen molar-refractivity contribution in [3.05, 3.63) is 24.0 Å². The minimum absolute atomic E-state index is 0.101. The van der Waals surface area contributed by atoms with Gasteiger partial charge in [-0.2, -0.15) is 4.72 Å². The molecule has 0 unspecified atom stereocenters. The predicted molar refractivity (Wildman–Crippen MR) is 73.8 cm³/mol. The van der Waals surface area contributed by atoms with Gasteiger partial charge in [-0.25, -0.2) is 8.42 Å². The molecular weight excluding hydrogens is 280 g/mol. The normalized spacial score (nSPS) is 11.6. The van der Waals surface area contributed by atoms with Gasteiger partial charge >= 0.3 is 0 Å². The highest BCUT2D eigenvalue weighted by Gasteiger charge is 2.31. The van der Waals surface area contributed by atoms with Gasteiger partial charge in [0.1, 0.15) is 10.4 Å². The fourth-order valence-electron chi connectivity index (χ4n) is 1.23. The number of carbonyl (C=O) groups excluding carboxylic acids is 1. The van der Waals surface area contributed by atoms with Crippen molar-refractivity contribution in [3.63, 3.8) is 0 Å². The highest BCUT2D eigenvalue weighted by Crippen LogP contribution is 2.13. The maximum absolute atomic E-state index is 12.1. The molecule has 0 saturated carbocycles. The summed E-state index contributed by atoms with van der Waals surface area (Å²) in [6.45, 7) is 2.90. The van der Waals surface area contributed by atoms with E-state index in [0.717, 1.165) is 6.20 Å². The van der Waals surface area contributed by atoms with Crippen molar-refractivity contribution in [2.75, 3.05) is 6.54 Å². The molecule has 1 amide bonds. The molecule has 0 aliphatic rings. The number of pyridine rings is 1. The van der Waals surface area contributed by atoms with Gasteiger partial charge in [0, 0.05) is 18.0 Å². The molecular formula is C12H16N4O3S. The predicted octanol–water partition coefficient (Wildman–Crippen LogP) is -1.07. The number of nitrogens with two attached hydrogens (primary N) is 2. The topological polar surface area (TPSA) is 128 Å². The minimum Gasteiger partial charge on any atom is -0.368 e. The number of amides is 1. The third kappa shape index (κ3) is 4.03. The average molecular weight is 296 g/mol. The quantitative estimate of drug-likeness (QED) is 0.610. The molecule has 1 rings (SSSR count). The minimum atomic E-state index is -3.92. The van der Waals surface area contributed by atoms with E-state index in [-0.39, 0.29) is 11.4 Å². The molecule has 108 valence electrons. The number of rotatable bonds is 4. The van der Waals surface area contributed by atoms with Gasteiger partial charge in [-0.1, -0.05) is 11.8 Å². The Morgan fingerprint density at radius 3 is 2.65 bits per heavy atom. The van der Waals surface area contributed by atoms with Crippen LogP contribution in [-0.2, 0) is 14.8 Å². The van der Waals surface area contributed by atoms with E-state index >= 15 is 0 Å². The lowest BCUT2D eigenvalue weighted by Gasteiger charge is -2.21. The van der Waals surface area contributed by atoms with Gasteiger partial charge < -0.3 is 11.5 Å². The molecule has 1 aromatic rings. The first-order valence-corrected chi connectivity index (χ1v) is 7.15. The second-order valence-corrected chi connectivity index (χ2v) is 6.19. The molecule has 0 bridgehead atoms. The lowest BCUT2D eigenvalue weighted by Crippen LogP contribution is -2.52. The first-order valence-electron chi connectivity index (χ1n) is 5.67. The molecule has 1 heterocycles. The number of carbonyl (C=O) groups is 1. The lowest BCUT2D eigenvalue weighted by molar-refractivity contribution is -0.122. The first-order chi connectivity index (χ1) is 9.19. The number of aromatic nitrogens is 1. The van der Waals surface area contributed by atoms with Gasteiger partial charge in [-0.05, 0) is 19.9 Å². The summed E-state index contributed by atoms with van der Waals surface area (Å²) >= 11 is 0. The van der Waals surface area contributed by atoms with E-state index in [2.05, 4.69) is 21.5 Å². The Kier molecular flexibility index (Phi) is 4.83. The van der Waals surface area contributed by atoms with Gasteiger partial charge in [0.15, 0.2) is 0 Å². The molecule has 1 aromatic heterocycles. The zero-order valence-corrected chi connectivity index (χ0v) is 12.0. The van der Waals surface area contributed by atoms with E-state index in [0.29, 0.717) is 5.56 Å². The highest BCUT2D eigenvalue weighted by atomic mass is 32.2. The molecule has 0 radical (unpaired) electrons. The second-order valence-electron chi connectivity index (χ2n) is 4.51. The van der Waals surface area contributed by atoms with E-state index in [4.69, 9.17) is 11.5 Å². The lowest BCUT2D eigenvalue weighted by atomic mass is 10.1. The smallest absolute Gasteiger partial charge is 0.243 e. The highest BCUT2D eigenvalue weighted by molar-refractivity contribution is 7.89. The van der Waals surface area contributed by atoms with Gasteiger partial charge in [-0.3, -0.25) is 9.78 Å². The Bertz CT molecular complexity index is 671. The van der Waals surface area contributed by atoms with Gasteiger partial charge in [-0.15, -0.1) is 0 Å². The monoisotopic (exact) mass is 296 g/mol. The van der Waals surface area contributed by atoms with Crippen LogP contribution in [0, 0.1) is 11.8 Å². The summed E-state index contributed by atoms with van der Waals surface area (Å²) in [4.78, 5) is 14.9. The molecule has 0 aliphatic carbocycles. The third-order valence-corrected chi connectivity index (χ3v) is 3.99. The van der Waals surface area contributed by atoms with Crippen LogP contribution in [0.1, 0.15) is 19.4 Å². The van der Waals surface area contributed by atoms with Crippen molar-refractivity contribution in [3.8, 4) is 11.8 Å². The number of primary amides is 1. The fourth-order valence-corrected chi connectivity index (χ4v) is 2.60. The average Bonchev–Trinajstić information content (AvgIpc) is 2.35. The van der Waals surface area contributed by atoms with Crippen molar-refractivity contribution in [2.24, 2.45) is 11.5 Å². The molecule has 0 aromatic carbocycles. The molecule has 5 N–H and O–H groups in total.